The monoisotopic (exact) mass is 1720 g/mol. The molecule has 0 spiro atoms. The van der Waals surface area contributed by atoms with Crippen LogP contribution in [0.3, 0.4) is 0 Å². The summed E-state index contributed by atoms with van der Waals surface area (Å²) >= 11 is -5.62. The summed E-state index contributed by atoms with van der Waals surface area (Å²) in [6.07, 6.45) is 49.7. The van der Waals surface area contributed by atoms with Crippen LogP contribution in [0.1, 0.15) is 253 Å². The fourth-order valence-electron chi connectivity index (χ4n) is 15.6. The second-order valence-electron chi connectivity index (χ2n) is 35.5. The molecule has 2 N–H and O–H groups in total. The normalized spacial score (nSPS) is 16.9. The molecule has 642 valence electrons. The molecule has 2 nitrogen and oxygen atoms in total. The predicted octanol–water partition coefficient (Wildman–Crippen LogP) is 24.8. The van der Waals surface area contributed by atoms with E-state index in [1.807, 2.05) is 13.8 Å². The number of benzene rings is 6. The summed E-state index contributed by atoms with van der Waals surface area (Å²) in [7, 11) is -3.67. The van der Waals surface area contributed by atoms with E-state index in [4.69, 9.17) is 10.2 Å². The van der Waals surface area contributed by atoms with E-state index in [0.29, 0.717) is 23.3 Å². The number of allylic oxidation sites excluding steroid dienone is 16. The van der Waals surface area contributed by atoms with E-state index in [2.05, 4.69) is 360 Å². The van der Waals surface area contributed by atoms with Gasteiger partial charge in [0.15, 0.2) is 6.71 Å². The van der Waals surface area contributed by atoms with Gasteiger partial charge >= 0.3 is 291 Å². The van der Waals surface area contributed by atoms with Gasteiger partial charge in [-0.2, -0.15) is 0 Å². The van der Waals surface area contributed by atoms with Crippen molar-refractivity contribution >= 4 is 74.2 Å². The maximum absolute atomic E-state index is 9.67. The van der Waals surface area contributed by atoms with Crippen molar-refractivity contribution in [2.24, 2.45) is 11.8 Å². The van der Waals surface area contributed by atoms with Crippen LogP contribution in [0.5, 0.6) is 0 Å². The van der Waals surface area contributed by atoms with E-state index in [0.717, 1.165) is 73.1 Å². The van der Waals surface area contributed by atoms with Crippen LogP contribution in [0.4, 0.5) is 12.9 Å². The molecule has 1 fully saturated rings. The number of aliphatic hydroxyl groups is 2. The van der Waals surface area contributed by atoms with Crippen LogP contribution >= 0.6 is 0 Å². The van der Waals surface area contributed by atoms with E-state index in [1.54, 1.807) is 11.1 Å². The largest absolute Gasteiger partial charge is 1.00 e. The second kappa shape index (κ2) is 60.1. The zero-order chi connectivity index (χ0) is 85.8. The van der Waals surface area contributed by atoms with Crippen molar-refractivity contribution in [3.05, 3.63) is 305 Å². The van der Waals surface area contributed by atoms with Gasteiger partial charge in [0.1, 0.15) is 6.71 Å². The first-order valence-electron chi connectivity index (χ1n) is 44.2. The molecule has 0 atom stereocenters. The topological polar surface area (TPSA) is 40.5 Å². The first-order valence-corrected chi connectivity index (χ1v) is 53.2. The summed E-state index contributed by atoms with van der Waals surface area (Å²) < 4.78 is 37.8. The predicted molar refractivity (Wildman–Crippen MR) is 524 cm³/mol. The molecule has 0 aliphatic carbocycles. The van der Waals surface area contributed by atoms with Crippen LogP contribution < -0.4 is 30.8 Å². The first kappa shape index (κ1) is 107. The number of rotatable bonds is 27. The number of hydrogen-bond acceptors (Lipinski definition) is 2. The summed E-state index contributed by atoms with van der Waals surface area (Å²) in [5.41, 5.74) is 13.5. The van der Waals surface area contributed by atoms with Gasteiger partial charge in [0, 0.05) is 0 Å². The first-order chi connectivity index (χ1) is 55.4. The van der Waals surface area contributed by atoms with Gasteiger partial charge in [-0.25, -0.2) is 0 Å². The van der Waals surface area contributed by atoms with Crippen LogP contribution in [0.25, 0.3) is 0 Å². The van der Waals surface area contributed by atoms with Crippen molar-refractivity contribution in [2.45, 2.75) is 294 Å². The molecular formula is C106H157As2B3F4O2-2. The fourth-order valence-corrected chi connectivity index (χ4v) is 34.9. The van der Waals surface area contributed by atoms with E-state index in [-0.39, 0.29) is 17.9 Å². The Kier molecular flexibility index (Phi) is 54.8. The third kappa shape index (κ3) is 41.6. The third-order valence-electron chi connectivity index (χ3n) is 24.5. The molecule has 2 heterocycles. The van der Waals surface area contributed by atoms with Gasteiger partial charge in [-0.1, -0.05) is 236 Å². The SMILES string of the molecule is C/C(=C\C/C(C)=C/CCCCCC/C=C(\C)C/C=C(\C)CO)CO.C/C1=C\CCCCCC/C=C(\C)C/C=C(\C)CB(C(C)(C)C(C)C)C/C(C)=C/C1.C=C(C)C[AsH](c1ccccc1)(c1ccccc1)c1ccccc1.C=C(C)[CH-][AsH](c1ccccc1)(c1ccccc1)c1ccccc1.CC(C)C(C)(C)B1CCCCCC1.FB(F)F.[F-]. The van der Waals surface area contributed by atoms with Crippen LogP contribution in [0.15, 0.2) is 299 Å². The maximum Gasteiger partial charge on any atom is 0.762 e. The minimum Gasteiger partial charge on any atom is -1.00 e. The van der Waals surface area contributed by atoms with Crippen molar-refractivity contribution in [3.63, 3.8) is 0 Å². The molecule has 0 bridgehead atoms. The zero-order valence-electron chi connectivity index (χ0n) is 76.3. The van der Waals surface area contributed by atoms with Crippen molar-refractivity contribution in [1.29, 1.82) is 0 Å². The molecule has 2 aliphatic rings. The zero-order valence-corrected chi connectivity index (χ0v) is 80.5. The standard InChI is InChI=1S/C28H49B.C22H23As.C22H22As.C22H38O2.C12H25B.BF3.FH/c1-23(2)28(7,8)29-21-26(5)19-17-24(3)15-13-11-9-10-12-14-16-25(4)18-20-27(6)22-29;2*1-19(2)18-23(20-12-6-3-7-13-20,21-14-8-4-9-15-21)22-16-10-5-11-17-22;1-19(13-15-21(3)17-23)11-9-7-5-6-8-10-12-20(2)14-16-22(4)18-24;1-11(2)12(3,4)13-9-7-5-6-8-10-13;2-1(3)4;/h15-16,19-20,23H,9-14,17-18,21-22H2,1-8H3;3-17,23H,1,18H2,2H3;3-18,23H,1H2,2H3;11-12,15-16,23-24H,5-10,13-14,17-18H2,1-4H3;11H,5-10H2,1-4H3;;1H/q;;-1;;;;/p-1/b24-15+,25-16+,26-19+,27-20+;;;19-11+,20-12+,21-15+,22-16+;;;. The molecule has 0 amide bonds. The quantitative estimate of drug-likeness (QED) is 0.0177. The van der Waals surface area contributed by atoms with Crippen molar-refractivity contribution < 1.29 is 27.9 Å². The van der Waals surface area contributed by atoms with Gasteiger partial charge < -0.3 is 14.9 Å². The third-order valence-corrected chi connectivity index (χ3v) is 44.9. The van der Waals surface area contributed by atoms with Gasteiger partial charge in [0.2, 0.25) is 0 Å². The molecule has 0 radical (unpaired) electrons. The molecule has 8 rings (SSSR count). The van der Waals surface area contributed by atoms with Gasteiger partial charge in [-0.15, -0.1) is 0 Å². The average Bonchev–Trinajstić information content (AvgIpc) is 0.852. The van der Waals surface area contributed by atoms with Crippen LogP contribution in [-0.4, -0.2) is 71.5 Å². The Balaban J connectivity index is 0.000000496. The summed E-state index contributed by atoms with van der Waals surface area (Å²) in [6.45, 7) is 51.8. The summed E-state index contributed by atoms with van der Waals surface area (Å²) in [5, 5.41) is 22.4. The Morgan fingerprint density at radius 2 is 0.726 bits per heavy atom. The second-order valence-corrected chi connectivity index (χ2v) is 51.4. The molecule has 0 saturated carbocycles. The molecular weight excluding hydrogens is 1560 g/mol. The fraction of sp³-hybridized carbons (Fsp3) is 0.462. The van der Waals surface area contributed by atoms with Gasteiger partial charge in [-0.05, 0) is 144 Å². The Bertz CT molecular complexity index is 3490. The Hall–Kier alpha value is -6.46. The Labute approximate surface area is 720 Å². The Morgan fingerprint density at radius 1 is 0.427 bits per heavy atom. The van der Waals surface area contributed by atoms with Gasteiger partial charge in [0.05, 0.1) is 13.2 Å². The summed E-state index contributed by atoms with van der Waals surface area (Å²) in [4.78, 5) is 0. The van der Waals surface area contributed by atoms with E-state index in [9.17, 15) is 12.9 Å². The molecule has 0 unspecified atom stereocenters. The van der Waals surface area contributed by atoms with E-state index >= 15 is 0 Å². The number of aliphatic hydroxyl groups excluding tert-OH is 2. The smallest absolute Gasteiger partial charge is 0.762 e. The summed E-state index contributed by atoms with van der Waals surface area (Å²) in [5.74, 6) is 1.52. The number of halogens is 4. The summed E-state index contributed by atoms with van der Waals surface area (Å²) in [6, 6.07) is 66.0. The molecule has 6 aromatic carbocycles. The van der Waals surface area contributed by atoms with Crippen LogP contribution in [-0.2, 0) is 0 Å². The van der Waals surface area contributed by atoms with Gasteiger partial charge in [-0.3, -0.25) is 12.9 Å². The van der Waals surface area contributed by atoms with E-state index in [1.165, 1.54) is 169 Å². The average molecular weight is 1720 g/mol. The molecule has 11 heteroatoms. The minimum absolute atomic E-state index is 0. The van der Waals surface area contributed by atoms with Gasteiger partial charge in [0.25, 0.3) is 0 Å². The number of hydrogen-bond donors (Lipinski definition) is 2. The van der Waals surface area contributed by atoms with Crippen molar-refractivity contribution in [1.82, 2.24) is 0 Å². The van der Waals surface area contributed by atoms with Crippen LogP contribution in [0, 0.1) is 17.0 Å². The Morgan fingerprint density at radius 3 is 1.02 bits per heavy atom. The van der Waals surface area contributed by atoms with E-state index < -0.39 is 34.6 Å². The molecule has 117 heavy (non-hydrogen) atoms. The van der Waals surface area contributed by atoms with Crippen LogP contribution in [0.2, 0.25) is 41.1 Å². The van der Waals surface area contributed by atoms with Crippen molar-refractivity contribution in [3.8, 4) is 0 Å². The number of unbranched alkanes of at least 4 members (excludes halogenated alkanes) is 5. The molecule has 1 saturated heterocycles. The molecule has 6 aromatic rings. The maximum atomic E-state index is 9.67. The molecule has 2 aliphatic heterocycles. The van der Waals surface area contributed by atoms with Crippen molar-refractivity contribution in [2.75, 3.05) is 13.2 Å². The minimum atomic E-state index is -3.67. The molecule has 0 aromatic heterocycles.